The van der Waals surface area contributed by atoms with Crippen molar-refractivity contribution in [3.63, 3.8) is 0 Å². The van der Waals surface area contributed by atoms with Crippen LogP contribution in [0.3, 0.4) is 0 Å². The van der Waals surface area contributed by atoms with E-state index in [1.807, 2.05) is 34.6 Å². The lowest BCUT2D eigenvalue weighted by Crippen LogP contribution is -2.51. The summed E-state index contributed by atoms with van der Waals surface area (Å²) in [5, 5.41) is 24.3. The molecule has 2 aliphatic carbocycles. The Kier molecular flexibility index (Phi) is 15.0. The molecule has 0 aromatic carbocycles. The molecule has 1 unspecified atom stereocenters. The Morgan fingerprint density at radius 2 is 1.12 bits per heavy atom. The molecule has 2 fully saturated rings. The fourth-order valence-corrected chi connectivity index (χ4v) is 7.86. The molecule has 4 N–H and O–H groups in total. The normalized spacial score (nSPS) is 21.8. The minimum Gasteiger partial charge on any atom is -0.495 e. The van der Waals surface area contributed by atoms with Gasteiger partial charge in [-0.25, -0.2) is 4.79 Å². The number of oxazole rings is 2. The third-order valence-electron chi connectivity index (χ3n) is 11.0. The molecule has 2 aromatic rings. The van der Waals surface area contributed by atoms with Crippen LogP contribution in [0.2, 0.25) is 0 Å². The van der Waals surface area contributed by atoms with Crippen molar-refractivity contribution in [1.82, 2.24) is 20.6 Å². The van der Waals surface area contributed by atoms with Gasteiger partial charge in [-0.3, -0.25) is 19.4 Å². The number of carbonyl (C=O) groups is 3. The number of rotatable bonds is 18. The molecule has 2 atom stereocenters. The summed E-state index contributed by atoms with van der Waals surface area (Å²) in [5.74, 6) is 0.788. The average Bonchev–Trinajstić information content (AvgIpc) is 3.81. The van der Waals surface area contributed by atoms with E-state index in [4.69, 9.17) is 18.8 Å². The number of unbranched alkanes of at least 4 members (excludes halogenated alkanes) is 2. The molecule has 290 valence electrons. The van der Waals surface area contributed by atoms with Gasteiger partial charge < -0.3 is 29.7 Å². The first kappa shape index (κ1) is 40.7. The Balaban J connectivity index is 1.33. The number of aromatic nitrogens is 2. The van der Waals surface area contributed by atoms with Gasteiger partial charge in [-0.2, -0.15) is 9.97 Å². The number of aliphatic hydroxyl groups is 1. The van der Waals surface area contributed by atoms with Crippen molar-refractivity contribution < 1.29 is 33.4 Å². The number of nitrogens with one attached hydrogen (secondary N) is 2. The molecule has 2 aliphatic rings. The first-order valence-electron chi connectivity index (χ1n) is 19.5. The van der Waals surface area contributed by atoms with E-state index in [0.29, 0.717) is 30.9 Å². The zero-order valence-electron chi connectivity index (χ0n) is 32.1. The van der Waals surface area contributed by atoms with E-state index < -0.39 is 18.2 Å². The molecule has 2 saturated carbocycles. The van der Waals surface area contributed by atoms with Gasteiger partial charge in [-0.05, 0) is 94.5 Å². The maximum atomic E-state index is 13.6. The number of aliphatic hydroxyl groups excluding tert-OH is 1. The van der Waals surface area contributed by atoms with Crippen molar-refractivity contribution in [2.45, 2.75) is 143 Å². The van der Waals surface area contributed by atoms with Gasteiger partial charge in [-0.15, -0.1) is 0 Å². The SMILES string of the molecule is C=C(O)N[C@H](C(=O)N(CCCC)c1nc(C2CCC(C3CCC(c4coc(N(CCCC)C(=O)C(NC(=O)O)C(C)C)n4)CC3)CC2)co1)C(C)C. The number of anilines is 2. The molecule has 0 radical (unpaired) electrons. The number of hydrogen-bond acceptors (Lipinski definition) is 9. The molecule has 52 heavy (non-hydrogen) atoms. The van der Waals surface area contributed by atoms with E-state index in [-0.39, 0.29) is 47.4 Å². The highest BCUT2D eigenvalue weighted by Gasteiger charge is 2.36. The van der Waals surface area contributed by atoms with E-state index >= 15 is 0 Å². The smallest absolute Gasteiger partial charge is 0.405 e. The Hall–Kier alpha value is -4.03. The Bertz CT molecular complexity index is 1350. The van der Waals surface area contributed by atoms with Crippen LogP contribution in [0.4, 0.5) is 16.8 Å². The van der Waals surface area contributed by atoms with E-state index in [1.165, 1.54) is 4.90 Å². The molecule has 13 nitrogen and oxygen atoms in total. The van der Waals surface area contributed by atoms with Gasteiger partial charge in [0.25, 0.3) is 11.8 Å². The number of nitrogens with zero attached hydrogens (tertiary/aromatic N) is 4. The average molecular weight is 727 g/mol. The second-order valence-corrected chi connectivity index (χ2v) is 15.5. The van der Waals surface area contributed by atoms with Crippen LogP contribution < -0.4 is 20.4 Å². The van der Waals surface area contributed by atoms with Crippen molar-refractivity contribution in [3.05, 3.63) is 36.4 Å². The quantitative estimate of drug-likeness (QED) is 0.110. The lowest BCUT2D eigenvalue weighted by Gasteiger charge is -2.37. The third-order valence-corrected chi connectivity index (χ3v) is 11.0. The predicted octanol–water partition coefficient (Wildman–Crippen LogP) is 8.11. The van der Waals surface area contributed by atoms with Crippen LogP contribution >= 0.6 is 0 Å². The molecular weight excluding hydrogens is 664 g/mol. The standard InChI is InChI=1S/C39H62N6O7/c1-8-10-20-44(35(47)33(24(3)4)40-26(7)46)37-41-31(22-51-37)29-16-12-27(13-17-29)28-14-18-30(19-15-28)32-23-52-38(42-32)45(21-11-9-2)36(48)34(25(5)6)43-39(49)50/h22-25,27-30,33-34,40,43,46H,7-21H2,1-6H3,(H,49,50)/t27?,28?,29?,30?,33-,34?/m0/s1. The largest absolute Gasteiger partial charge is 0.495 e. The Labute approximate surface area is 309 Å². The Morgan fingerprint density at radius 1 is 0.731 bits per heavy atom. The van der Waals surface area contributed by atoms with Crippen LogP contribution in [0.15, 0.2) is 33.8 Å². The monoisotopic (exact) mass is 726 g/mol. The zero-order chi connectivity index (χ0) is 37.9. The molecule has 4 rings (SSSR count). The van der Waals surface area contributed by atoms with Crippen LogP contribution in [-0.2, 0) is 9.59 Å². The number of carboxylic acid groups (broad SMARTS) is 1. The van der Waals surface area contributed by atoms with Crippen molar-refractivity contribution >= 4 is 29.9 Å². The van der Waals surface area contributed by atoms with Gasteiger partial charge in [0.05, 0.1) is 11.4 Å². The van der Waals surface area contributed by atoms with Crippen molar-refractivity contribution in [2.75, 3.05) is 22.9 Å². The van der Waals surface area contributed by atoms with E-state index in [1.54, 1.807) is 17.4 Å². The number of carbonyl (C=O) groups excluding carboxylic acids is 2. The molecule has 0 aliphatic heterocycles. The predicted molar refractivity (Wildman–Crippen MR) is 200 cm³/mol. The lowest BCUT2D eigenvalue weighted by atomic mass is 9.68. The second-order valence-electron chi connectivity index (χ2n) is 15.5. The van der Waals surface area contributed by atoms with Crippen LogP contribution in [0, 0.1) is 23.7 Å². The first-order valence-corrected chi connectivity index (χ1v) is 19.5. The highest BCUT2D eigenvalue weighted by atomic mass is 16.4. The lowest BCUT2D eigenvalue weighted by molar-refractivity contribution is -0.122. The maximum absolute atomic E-state index is 13.6. The van der Waals surface area contributed by atoms with Crippen LogP contribution in [0.1, 0.15) is 142 Å². The molecule has 2 heterocycles. The number of amides is 3. The topological polar surface area (TPSA) is 174 Å². The van der Waals surface area contributed by atoms with E-state index in [2.05, 4.69) is 24.1 Å². The molecule has 0 bridgehead atoms. The molecule has 0 spiro atoms. The third kappa shape index (κ3) is 10.5. The molecule has 13 heteroatoms. The fraction of sp³-hybridized carbons (Fsp3) is 0.718. The van der Waals surface area contributed by atoms with Crippen molar-refractivity contribution in [1.29, 1.82) is 0 Å². The summed E-state index contributed by atoms with van der Waals surface area (Å²) in [4.78, 5) is 51.2. The molecule has 2 aromatic heterocycles. The van der Waals surface area contributed by atoms with E-state index in [0.717, 1.165) is 88.4 Å². The maximum Gasteiger partial charge on any atom is 0.405 e. The summed E-state index contributed by atoms with van der Waals surface area (Å²) in [6.45, 7) is 16.0. The minimum atomic E-state index is -1.23. The van der Waals surface area contributed by atoms with E-state index in [9.17, 15) is 24.6 Å². The van der Waals surface area contributed by atoms with Crippen LogP contribution in [0.5, 0.6) is 0 Å². The summed E-state index contributed by atoms with van der Waals surface area (Å²) >= 11 is 0. The zero-order valence-corrected chi connectivity index (χ0v) is 32.1. The van der Waals surface area contributed by atoms with Gasteiger partial charge in [-0.1, -0.05) is 54.4 Å². The summed E-state index contributed by atoms with van der Waals surface area (Å²) in [5.41, 5.74) is 1.77. The van der Waals surface area contributed by atoms with Gasteiger partial charge in [0.15, 0.2) is 5.88 Å². The summed E-state index contributed by atoms with van der Waals surface area (Å²) in [6, 6.07) is -0.967. The van der Waals surface area contributed by atoms with Crippen LogP contribution in [0.25, 0.3) is 0 Å². The highest BCUT2D eigenvalue weighted by Crippen LogP contribution is 2.46. The molecule has 0 saturated heterocycles. The summed E-state index contributed by atoms with van der Waals surface area (Å²) in [6.07, 6.45) is 14.1. The van der Waals surface area contributed by atoms with Crippen molar-refractivity contribution in [2.24, 2.45) is 23.7 Å². The summed E-state index contributed by atoms with van der Waals surface area (Å²) < 4.78 is 11.8. The van der Waals surface area contributed by atoms with Gasteiger partial charge >= 0.3 is 18.1 Å². The van der Waals surface area contributed by atoms with Gasteiger partial charge in [0, 0.05) is 24.9 Å². The fourth-order valence-electron chi connectivity index (χ4n) is 7.86. The number of hydrogen-bond donors (Lipinski definition) is 4. The first-order chi connectivity index (χ1) is 24.8. The minimum absolute atomic E-state index is 0.0716. The molecular formula is C39H62N6O7. The Morgan fingerprint density at radius 3 is 1.44 bits per heavy atom. The van der Waals surface area contributed by atoms with Gasteiger partial charge in [0.1, 0.15) is 24.6 Å². The van der Waals surface area contributed by atoms with Crippen molar-refractivity contribution in [3.8, 4) is 0 Å². The molecule has 3 amide bonds. The summed E-state index contributed by atoms with van der Waals surface area (Å²) in [7, 11) is 0. The van der Waals surface area contributed by atoms with Crippen LogP contribution in [-0.4, -0.2) is 63.3 Å². The highest BCUT2D eigenvalue weighted by molar-refractivity contribution is 5.97. The van der Waals surface area contributed by atoms with Gasteiger partial charge in [0.2, 0.25) is 0 Å². The second kappa shape index (κ2) is 19.2.